The third kappa shape index (κ3) is 4.96. The van der Waals surface area contributed by atoms with Crippen LogP contribution in [-0.4, -0.2) is 26.8 Å². The predicted molar refractivity (Wildman–Crippen MR) is 75.0 cm³/mol. The predicted octanol–water partition coefficient (Wildman–Crippen LogP) is 2.08. The van der Waals surface area contributed by atoms with Crippen molar-refractivity contribution < 1.29 is 19.0 Å². The van der Waals surface area contributed by atoms with Crippen LogP contribution >= 0.6 is 12.4 Å². The molecular formula is C13H20ClNO4. The number of methoxy groups -OCH3 is 2. The number of rotatable bonds is 6. The maximum Gasteiger partial charge on any atom is 0.307 e. The highest BCUT2D eigenvalue weighted by molar-refractivity contribution is 5.85. The number of benzene rings is 1. The first-order valence-corrected chi connectivity index (χ1v) is 5.75. The van der Waals surface area contributed by atoms with Crippen LogP contribution in [0.4, 0.5) is 0 Å². The molecule has 0 fully saturated rings. The zero-order valence-corrected chi connectivity index (χ0v) is 12.2. The van der Waals surface area contributed by atoms with Crippen molar-refractivity contribution in [3.8, 4) is 11.5 Å². The fourth-order valence-electron chi connectivity index (χ4n) is 1.64. The number of esters is 1. The zero-order valence-electron chi connectivity index (χ0n) is 11.3. The summed E-state index contributed by atoms with van der Waals surface area (Å²) in [6, 6.07) is 4.83. The van der Waals surface area contributed by atoms with E-state index in [1.807, 2.05) is 0 Å². The lowest BCUT2D eigenvalue weighted by atomic mass is 10.0. The number of ether oxygens (including phenoxy) is 3. The Bertz CT molecular complexity index is 412. The monoisotopic (exact) mass is 289 g/mol. The molecule has 19 heavy (non-hydrogen) atoms. The Kier molecular flexibility index (Phi) is 7.95. The van der Waals surface area contributed by atoms with Gasteiger partial charge in [-0.3, -0.25) is 4.79 Å². The summed E-state index contributed by atoms with van der Waals surface area (Å²) < 4.78 is 15.2. The van der Waals surface area contributed by atoms with Gasteiger partial charge in [-0.05, 0) is 25.1 Å². The third-order valence-corrected chi connectivity index (χ3v) is 2.53. The number of hydrogen-bond acceptors (Lipinski definition) is 5. The molecule has 0 aliphatic rings. The van der Waals surface area contributed by atoms with E-state index in [0.29, 0.717) is 18.1 Å². The second kappa shape index (κ2) is 8.61. The number of hydrogen-bond donors (Lipinski definition) is 1. The molecule has 1 aromatic rings. The lowest BCUT2D eigenvalue weighted by Crippen LogP contribution is -2.18. The van der Waals surface area contributed by atoms with Crippen molar-refractivity contribution >= 4 is 18.4 Å². The molecule has 0 radical (unpaired) electrons. The van der Waals surface area contributed by atoms with Gasteiger partial charge < -0.3 is 19.9 Å². The minimum atomic E-state index is -0.478. The van der Waals surface area contributed by atoms with E-state index < -0.39 is 6.04 Å². The Labute approximate surface area is 119 Å². The first-order valence-electron chi connectivity index (χ1n) is 5.75. The van der Waals surface area contributed by atoms with Crippen molar-refractivity contribution in [3.63, 3.8) is 0 Å². The van der Waals surface area contributed by atoms with Crippen LogP contribution in [0.5, 0.6) is 11.5 Å². The van der Waals surface area contributed by atoms with Gasteiger partial charge in [-0.1, -0.05) is 0 Å². The highest BCUT2D eigenvalue weighted by Crippen LogP contribution is 2.29. The Hall–Kier alpha value is -1.46. The molecular weight excluding hydrogens is 270 g/mol. The summed E-state index contributed by atoms with van der Waals surface area (Å²) in [4.78, 5) is 11.4. The van der Waals surface area contributed by atoms with Gasteiger partial charge in [0.1, 0.15) is 11.5 Å². The van der Waals surface area contributed by atoms with Gasteiger partial charge in [-0.25, -0.2) is 0 Å². The molecule has 1 rings (SSSR count). The van der Waals surface area contributed by atoms with Crippen molar-refractivity contribution in [1.29, 1.82) is 0 Å². The first kappa shape index (κ1) is 17.5. The van der Waals surface area contributed by atoms with Gasteiger partial charge in [-0.2, -0.15) is 0 Å². The van der Waals surface area contributed by atoms with E-state index in [4.69, 9.17) is 19.9 Å². The molecule has 0 bridgehead atoms. The molecule has 0 heterocycles. The topological polar surface area (TPSA) is 70.8 Å². The minimum absolute atomic E-state index is 0. The average Bonchev–Trinajstić information content (AvgIpc) is 2.38. The van der Waals surface area contributed by atoms with Gasteiger partial charge in [0.05, 0.1) is 27.2 Å². The highest BCUT2D eigenvalue weighted by atomic mass is 35.5. The number of nitrogens with two attached hydrogens (primary N) is 1. The molecule has 0 amide bonds. The van der Waals surface area contributed by atoms with Gasteiger partial charge in [0.2, 0.25) is 0 Å². The fourth-order valence-corrected chi connectivity index (χ4v) is 1.64. The van der Waals surface area contributed by atoms with Crippen LogP contribution in [0.2, 0.25) is 0 Å². The van der Waals surface area contributed by atoms with Gasteiger partial charge >= 0.3 is 5.97 Å². The highest BCUT2D eigenvalue weighted by Gasteiger charge is 2.17. The number of halogens is 1. The summed E-state index contributed by atoms with van der Waals surface area (Å²) >= 11 is 0. The molecule has 0 unspecified atom stereocenters. The van der Waals surface area contributed by atoms with Crippen molar-refractivity contribution in [3.05, 3.63) is 23.8 Å². The fraction of sp³-hybridized carbons (Fsp3) is 0.462. The summed E-state index contributed by atoms with van der Waals surface area (Å²) in [5.74, 6) is 0.979. The molecule has 0 spiro atoms. The van der Waals surface area contributed by atoms with Crippen LogP contribution < -0.4 is 15.2 Å². The SMILES string of the molecule is CCOC(=O)C[C@@H](N)c1cc(OC)ccc1OC.Cl. The van der Waals surface area contributed by atoms with Crippen molar-refractivity contribution in [2.24, 2.45) is 5.73 Å². The second-order valence-corrected chi connectivity index (χ2v) is 3.72. The summed E-state index contributed by atoms with van der Waals surface area (Å²) in [6.07, 6.45) is 0.108. The standard InChI is InChI=1S/C13H19NO4.ClH/c1-4-18-13(15)8-11(14)10-7-9(16-2)5-6-12(10)17-3;/h5-7,11H,4,8,14H2,1-3H3;1H/t11-;/m1./s1. The second-order valence-electron chi connectivity index (χ2n) is 3.72. The van der Waals surface area contributed by atoms with Crippen LogP contribution in [0.3, 0.4) is 0 Å². The smallest absolute Gasteiger partial charge is 0.307 e. The molecule has 0 aliphatic heterocycles. The van der Waals surface area contributed by atoms with E-state index >= 15 is 0 Å². The molecule has 0 aliphatic carbocycles. The molecule has 2 N–H and O–H groups in total. The largest absolute Gasteiger partial charge is 0.497 e. The molecule has 5 nitrogen and oxygen atoms in total. The molecule has 0 aromatic heterocycles. The van der Waals surface area contributed by atoms with Gasteiger partial charge in [-0.15, -0.1) is 12.4 Å². The summed E-state index contributed by atoms with van der Waals surface area (Å²) in [7, 11) is 3.13. The number of carbonyl (C=O) groups is 1. The van der Waals surface area contributed by atoms with Crippen molar-refractivity contribution in [2.45, 2.75) is 19.4 Å². The van der Waals surface area contributed by atoms with E-state index in [0.717, 1.165) is 5.56 Å². The molecule has 1 aromatic carbocycles. The van der Waals surface area contributed by atoms with Crippen LogP contribution in [0.25, 0.3) is 0 Å². The van der Waals surface area contributed by atoms with E-state index in [1.165, 1.54) is 0 Å². The number of carbonyl (C=O) groups excluding carboxylic acids is 1. The van der Waals surface area contributed by atoms with Crippen LogP contribution in [0.15, 0.2) is 18.2 Å². The summed E-state index contributed by atoms with van der Waals surface area (Å²) in [6.45, 7) is 2.11. The van der Waals surface area contributed by atoms with E-state index in [2.05, 4.69) is 0 Å². The van der Waals surface area contributed by atoms with Crippen molar-refractivity contribution in [2.75, 3.05) is 20.8 Å². The molecule has 6 heteroatoms. The summed E-state index contributed by atoms with van der Waals surface area (Å²) in [5.41, 5.74) is 6.72. The first-order chi connectivity index (χ1) is 8.62. The van der Waals surface area contributed by atoms with E-state index in [1.54, 1.807) is 39.3 Å². The zero-order chi connectivity index (χ0) is 13.5. The van der Waals surface area contributed by atoms with E-state index in [9.17, 15) is 4.79 Å². The maximum absolute atomic E-state index is 11.4. The normalized spacial score (nSPS) is 11.2. The van der Waals surface area contributed by atoms with Crippen LogP contribution in [0, 0.1) is 0 Å². The Morgan fingerprint density at radius 2 is 2.00 bits per heavy atom. The Morgan fingerprint density at radius 1 is 1.32 bits per heavy atom. The third-order valence-electron chi connectivity index (χ3n) is 2.53. The molecule has 0 saturated carbocycles. The Morgan fingerprint density at radius 3 is 2.53 bits per heavy atom. The average molecular weight is 290 g/mol. The lowest BCUT2D eigenvalue weighted by molar-refractivity contribution is -0.143. The molecule has 0 saturated heterocycles. The van der Waals surface area contributed by atoms with Gasteiger partial charge in [0.25, 0.3) is 0 Å². The molecule has 1 atom stereocenters. The molecule has 108 valence electrons. The minimum Gasteiger partial charge on any atom is -0.497 e. The lowest BCUT2D eigenvalue weighted by Gasteiger charge is -2.16. The van der Waals surface area contributed by atoms with Crippen molar-refractivity contribution in [1.82, 2.24) is 0 Å². The van der Waals surface area contributed by atoms with Gasteiger partial charge in [0, 0.05) is 11.6 Å². The van der Waals surface area contributed by atoms with Crippen LogP contribution in [0.1, 0.15) is 24.9 Å². The maximum atomic E-state index is 11.4. The van der Waals surface area contributed by atoms with Crippen LogP contribution in [-0.2, 0) is 9.53 Å². The Balaban J connectivity index is 0.00000324. The van der Waals surface area contributed by atoms with E-state index in [-0.39, 0.29) is 24.8 Å². The quantitative estimate of drug-likeness (QED) is 0.812. The van der Waals surface area contributed by atoms with Gasteiger partial charge in [0.15, 0.2) is 0 Å². The summed E-state index contributed by atoms with van der Waals surface area (Å²) in [5, 5.41) is 0.